The summed E-state index contributed by atoms with van der Waals surface area (Å²) in [6.07, 6.45) is 1.04. The Morgan fingerprint density at radius 3 is 2.69 bits per heavy atom. The van der Waals surface area contributed by atoms with Crippen LogP contribution in [0.15, 0.2) is 47.4 Å². The van der Waals surface area contributed by atoms with Crippen LogP contribution >= 0.6 is 0 Å². The van der Waals surface area contributed by atoms with Gasteiger partial charge in [-0.1, -0.05) is 12.1 Å². The molecule has 0 radical (unpaired) electrons. The highest BCUT2D eigenvalue weighted by molar-refractivity contribution is 7.90. The molecule has 2 aromatic carbocycles. The summed E-state index contributed by atoms with van der Waals surface area (Å²) in [7, 11) is -3.58. The lowest BCUT2D eigenvalue weighted by atomic mass is 10.2. The number of nitrogens with one attached hydrogen (secondary N) is 2. The summed E-state index contributed by atoms with van der Waals surface area (Å²) >= 11 is 0. The number of sulfone groups is 1. The summed E-state index contributed by atoms with van der Waals surface area (Å²) in [6.45, 7) is 0.470. The van der Waals surface area contributed by atoms with Crippen LogP contribution in [0.5, 0.6) is 5.75 Å². The van der Waals surface area contributed by atoms with E-state index in [1.165, 1.54) is 17.0 Å². The summed E-state index contributed by atoms with van der Waals surface area (Å²) in [5, 5.41) is 16.8. The van der Waals surface area contributed by atoms with E-state index in [1.807, 2.05) is 0 Å². The zero-order chi connectivity index (χ0) is 23.3. The number of fused-ring (bicyclic) bond motifs is 1. The van der Waals surface area contributed by atoms with Gasteiger partial charge in [0.15, 0.2) is 16.4 Å². The number of hydrogen-bond acceptors (Lipinski definition) is 8. The Balaban J connectivity index is 1.50. The number of nitrogens with zero attached hydrogens (tertiary/aromatic N) is 2. The van der Waals surface area contributed by atoms with Gasteiger partial charge in [-0.3, -0.25) is 19.7 Å². The number of carbonyl (C=O) groups is 2. The Kier molecular flexibility index (Phi) is 6.93. The van der Waals surface area contributed by atoms with Crippen LogP contribution in [0.25, 0.3) is 0 Å². The van der Waals surface area contributed by atoms with Crippen LogP contribution in [0.2, 0.25) is 0 Å². The molecule has 0 aliphatic carbocycles. The van der Waals surface area contributed by atoms with Gasteiger partial charge < -0.3 is 20.3 Å². The van der Waals surface area contributed by atoms with Crippen LogP contribution in [-0.4, -0.2) is 57.7 Å². The van der Waals surface area contributed by atoms with Gasteiger partial charge in [0, 0.05) is 38.4 Å². The highest BCUT2D eigenvalue weighted by Crippen LogP contribution is 2.31. The normalized spacial score (nSPS) is 13.2. The Labute approximate surface area is 184 Å². The van der Waals surface area contributed by atoms with Crippen LogP contribution in [0.1, 0.15) is 6.42 Å². The van der Waals surface area contributed by atoms with E-state index in [1.54, 1.807) is 24.3 Å². The summed E-state index contributed by atoms with van der Waals surface area (Å²) in [4.78, 5) is 36.2. The van der Waals surface area contributed by atoms with Crippen LogP contribution in [0.3, 0.4) is 0 Å². The third-order valence-corrected chi connectivity index (χ3v) is 5.84. The fraction of sp³-hybridized carbons (Fsp3) is 0.300. The minimum absolute atomic E-state index is 0.0727. The molecule has 3 rings (SSSR count). The van der Waals surface area contributed by atoms with E-state index in [4.69, 9.17) is 4.74 Å². The molecule has 0 spiro atoms. The van der Waals surface area contributed by atoms with Crippen molar-refractivity contribution in [3.05, 3.63) is 52.6 Å². The standard InChI is InChI=1S/C20H22N4O7S/c1-32(29,30)14-6-7-15(17(12-14)24(27)28)21-9-10-22-19(25)8-11-23-16-4-2-3-5-18(16)31-13-20(23)26/h2-7,12,21H,8-11,13H2,1H3,(H,22,25). The molecule has 1 heterocycles. The van der Waals surface area contributed by atoms with Crippen molar-refractivity contribution < 1.29 is 27.7 Å². The molecule has 12 heteroatoms. The zero-order valence-electron chi connectivity index (χ0n) is 17.2. The maximum atomic E-state index is 12.2. The summed E-state index contributed by atoms with van der Waals surface area (Å²) in [6, 6.07) is 10.7. The van der Waals surface area contributed by atoms with Gasteiger partial charge in [-0.2, -0.15) is 0 Å². The number of benzene rings is 2. The number of rotatable bonds is 9. The van der Waals surface area contributed by atoms with Crippen LogP contribution < -0.4 is 20.3 Å². The first-order valence-electron chi connectivity index (χ1n) is 9.68. The molecule has 0 bridgehead atoms. The van der Waals surface area contributed by atoms with E-state index < -0.39 is 14.8 Å². The molecule has 0 fully saturated rings. The van der Waals surface area contributed by atoms with Crippen LogP contribution in [0, 0.1) is 10.1 Å². The maximum absolute atomic E-state index is 12.2. The molecular weight excluding hydrogens is 440 g/mol. The predicted molar refractivity (Wildman–Crippen MR) is 117 cm³/mol. The molecule has 2 aromatic rings. The molecule has 11 nitrogen and oxygen atoms in total. The molecule has 0 saturated carbocycles. The molecule has 0 saturated heterocycles. The van der Waals surface area contributed by atoms with Gasteiger partial charge >= 0.3 is 0 Å². The van der Waals surface area contributed by atoms with Crippen molar-refractivity contribution in [3.8, 4) is 5.75 Å². The monoisotopic (exact) mass is 462 g/mol. The average molecular weight is 462 g/mol. The lowest BCUT2D eigenvalue weighted by molar-refractivity contribution is -0.384. The van der Waals surface area contributed by atoms with E-state index in [-0.39, 0.29) is 60.7 Å². The number of hydrogen-bond donors (Lipinski definition) is 2. The molecule has 1 aliphatic rings. The second-order valence-corrected chi connectivity index (χ2v) is 9.05. The molecule has 170 valence electrons. The molecular formula is C20H22N4O7S. The Hall–Kier alpha value is -3.67. The molecule has 32 heavy (non-hydrogen) atoms. The van der Waals surface area contributed by atoms with Crippen molar-refractivity contribution in [3.63, 3.8) is 0 Å². The number of nitro benzene ring substituents is 1. The first-order valence-corrected chi connectivity index (χ1v) is 11.6. The number of anilines is 2. The Bertz CT molecular complexity index is 1150. The third-order valence-electron chi connectivity index (χ3n) is 4.73. The third kappa shape index (κ3) is 5.52. The van der Waals surface area contributed by atoms with Crippen molar-refractivity contribution in [1.82, 2.24) is 5.32 Å². The van der Waals surface area contributed by atoms with E-state index in [2.05, 4.69) is 10.6 Å². The second-order valence-electron chi connectivity index (χ2n) is 7.04. The highest BCUT2D eigenvalue weighted by Gasteiger charge is 2.25. The van der Waals surface area contributed by atoms with E-state index in [9.17, 15) is 28.1 Å². The average Bonchev–Trinajstić information content (AvgIpc) is 2.75. The van der Waals surface area contributed by atoms with E-state index >= 15 is 0 Å². The van der Waals surface area contributed by atoms with Crippen molar-refractivity contribution in [1.29, 1.82) is 0 Å². The minimum atomic E-state index is -3.58. The topological polar surface area (TPSA) is 148 Å². The van der Waals surface area contributed by atoms with E-state index in [0.717, 1.165) is 12.3 Å². The first kappa shape index (κ1) is 23.0. The molecule has 0 atom stereocenters. The van der Waals surface area contributed by atoms with Crippen molar-refractivity contribution in [2.45, 2.75) is 11.3 Å². The summed E-state index contributed by atoms with van der Waals surface area (Å²) in [5.74, 6) is 0.0636. The number of para-hydroxylation sites is 2. The Morgan fingerprint density at radius 2 is 1.97 bits per heavy atom. The van der Waals surface area contributed by atoms with Gasteiger partial charge in [0.2, 0.25) is 5.91 Å². The smallest absolute Gasteiger partial charge is 0.293 e. The van der Waals surface area contributed by atoms with Gasteiger partial charge in [0.05, 0.1) is 15.5 Å². The van der Waals surface area contributed by atoms with Crippen molar-refractivity contribution in [2.75, 3.05) is 42.7 Å². The number of ether oxygens (including phenoxy) is 1. The number of nitro groups is 1. The quantitative estimate of drug-likeness (QED) is 0.322. The SMILES string of the molecule is CS(=O)(=O)c1ccc(NCCNC(=O)CCN2C(=O)COc3ccccc32)c([N+](=O)[O-])c1. The van der Waals surface area contributed by atoms with Crippen LogP contribution in [0.4, 0.5) is 17.1 Å². The molecule has 0 unspecified atom stereocenters. The predicted octanol–water partition coefficient (Wildman–Crippen LogP) is 1.34. The van der Waals surface area contributed by atoms with Gasteiger partial charge in [0.25, 0.3) is 11.6 Å². The number of carbonyl (C=O) groups excluding carboxylic acids is 2. The zero-order valence-corrected chi connectivity index (χ0v) is 18.1. The number of amides is 2. The fourth-order valence-corrected chi connectivity index (χ4v) is 3.78. The van der Waals surface area contributed by atoms with Gasteiger partial charge in [0.1, 0.15) is 11.4 Å². The largest absolute Gasteiger partial charge is 0.482 e. The second kappa shape index (κ2) is 9.64. The highest BCUT2D eigenvalue weighted by atomic mass is 32.2. The minimum Gasteiger partial charge on any atom is -0.482 e. The van der Waals surface area contributed by atoms with Crippen molar-refractivity contribution >= 4 is 38.7 Å². The van der Waals surface area contributed by atoms with Gasteiger partial charge in [-0.25, -0.2) is 8.42 Å². The fourth-order valence-electron chi connectivity index (χ4n) is 3.14. The molecule has 2 amide bonds. The molecule has 2 N–H and O–H groups in total. The van der Waals surface area contributed by atoms with Crippen molar-refractivity contribution in [2.24, 2.45) is 0 Å². The van der Waals surface area contributed by atoms with Gasteiger partial charge in [-0.15, -0.1) is 0 Å². The molecule has 0 aromatic heterocycles. The van der Waals surface area contributed by atoms with E-state index in [0.29, 0.717) is 11.4 Å². The Morgan fingerprint density at radius 1 is 1.22 bits per heavy atom. The lowest BCUT2D eigenvalue weighted by Crippen LogP contribution is -2.41. The summed E-state index contributed by atoms with van der Waals surface area (Å²) < 4.78 is 28.6. The first-order chi connectivity index (χ1) is 15.2. The summed E-state index contributed by atoms with van der Waals surface area (Å²) in [5.41, 5.74) is 0.388. The molecule has 1 aliphatic heterocycles. The van der Waals surface area contributed by atoms with Crippen LogP contribution in [-0.2, 0) is 19.4 Å². The lowest BCUT2D eigenvalue weighted by Gasteiger charge is -2.29. The maximum Gasteiger partial charge on any atom is 0.293 e. The van der Waals surface area contributed by atoms with Gasteiger partial charge in [-0.05, 0) is 24.3 Å².